The number of hydrogen-bond donors (Lipinski definition) is 3. The molecule has 2 rings (SSSR count). The number of aryl methyl sites for hydroxylation is 2. The average Bonchev–Trinajstić information content (AvgIpc) is 2.49. The Bertz CT molecular complexity index is 677. The monoisotopic (exact) mass is 330 g/mol. The summed E-state index contributed by atoms with van der Waals surface area (Å²) in [7, 11) is 0. The first-order valence-electron chi connectivity index (χ1n) is 7.39. The van der Waals surface area contributed by atoms with Crippen molar-refractivity contribution in [1.29, 1.82) is 0 Å². The molecule has 24 heavy (non-hydrogen) atoms. The van der Waals surface area contributed by atoms with Gasteiger partial charge >= 0.3 is 0 Å². The Morgan fingerprint density at radius 3 is 1.38 bits per heavy atom. The fourth-order valence-corrected chi connectivity index (χ4v) is 2.05. The molecule has 128 valence electrons. The first-order valence-corrected chi connectivity index (χ1v) is 7.39. The van der Waals surface area contributed by atoms with Crippen LogP contribution < -0.4 is 0 Å². The van der Waals surface area contributed by atoms with Crippen molar-refractivity contribution in [3.8, 4) is 17.2 Å². The third-order valence-corrected chi connectivity index (χ3v) is 3.81. The number of phenols is 3. The highest BCUT2D eigenvalue weighted by molar-refractivity contribution is 5.95. The molecule has 0 saturated heterocycles. The molecule has 0 aliphatic rings. The zero-order valence-electron chi connectivity index (χ0n) is 14.5. The molecule has 0 radical (unpaired) electrons. The van der Waals surface area contributed by atoms with Crippen molar-refractivity contribution < 1.29 is 24.9 Å². The molecule has 0 unspecified atom stereocenters. The molecule has 0 atom stereocenters. The van der Waals surface area contributed by atoms with Gasteiger partial charge in [0.25, 0.3) is 0 Å². The SMILES string of the molecule is CC(=O)c1cc(C)c(C)c(C)c1.CC(=O)c1cc(O)c(O)c(O)c1. The predicted molar refractivity (Wildman–Crippen MR) is 92.1 cm³/mol. The van der Waals surface area contributed by atoms with Crippen molar-refractivity contribution in [2.75, 3.05) is 0 Å². The van der Waals surface area contributed by atoms with E-state index in [1.54, 1.807) is 6.92 Å². The molecule has 0 aliphatic carbocycles. The van der Waals surface area contributed by atoms with Crippen LogP contribution in [-0.2, 0) is 0 Å². The highest BCUT2D eigenvalue weighted by Gasteiger charge is 2.09. The molecular weight excluding hydrogens is 308 g/mol. The first-order chi connectivity index (χ1) is 11.0. The zero-order valence-corrected chi connectivity index (χ0v) is 14.5. The summed E-state index contributed by atoms with van der Waals surface area (Å²) in [4.78, 5) is 21.8. The number of benzene rings is 2. The van der Waals surface area contributed by atoms with Crippen LogP contribution >= 0.6 is 0 Å². The summed E-state index contributed by atoms with van der Waals surface area (Å²) in [6.45, 7) is 9.05. The van der Waals surface area contributed by atoms with E-state index in [0.29, 0.717) is 0 Å². The number of phenolic OH excluding ortho intramolecular Hbond substituents is 3. The fraction of sp³-hybridized carbons (Fsp3) is 0.263. The second kappa shape index (κ2) is 7.64. The number of Topliss-reactive ketones (excluding diaryl/α,β-unsaturated/α-hetero) is 2. The second-order valence-corrected chi connectivity index (χ2v) is 5.71. The summed E-state index contributed by atoms with van der Waals surface area (Å²) < 4.78 is 0. The predicted octanol–water partition coefficient (Wildman–Crippen LogP) is 3.82. The van der Waals surface area contributed by atoms with Gasteiger partial charge in [0.1, 0.15) is 0 Å². The van der Waals surface area contributed by atoms with Crippen LogP contribution in [-0.4, -0.2) is 26.9 Å². The van der Waals surface area contributed by atoms with Gasteiger partial charge in [0.2, 0.25) is 0 Å². The Morgan fingerprint density at radius 1 is 0.708 bits per heavy atom. The van der Waals surface area contributed by atoms with E-state index >= 15 is 0 Å². The van der Waals surface area contributed by atoms with Gasteiger partial charge < -0.3 is 15.3 Å². The van der Waals surface area contributed by atoms with E-state index in [1.807, 2.05) is 26.0 Å². The van der Waals surface area contributed by atoms with Crippen molar-refractivity contribution in [2.24, 2.45) is 0 Å². The standard InChI is InChI=1S/C11H14O.C8H8O4/c1-7-5-11(10(4)12)6-8(2)9(7)3;1-4(9)5-2-6(10)8(12)7(11)3-5/h5-6H,1-4H3;2-3,10-12H,1H3. The molecule has 0 saturated carbocycles. The van der Waals surface area contributed by atoms with Crippen molar-refractivity contribution >= 4 is 11.6 Å². The molecule has 3 N–H and O–H groups in total. The molecule has 2 aromatic carbocycles. The van der Waals surface area contributed by atoms with Gasteiger partial charge in [-0.1, -0.05) is 0 Å². The molecule has 5 nitrogen and oxygen atoms in total. The van der Waals surface area contributed by atoms with Crippen LogP contribution in [0.2, 0.25) is 0 Å². The highest BCUT2D eigenvalue weighted by atomic mass is 16.3. The lowest BCUT2D eigenvalue weighted by Gasteiger charge is -2.06. The molecule has 0 heterocycles. The minimum absolute atomic E-state index is 0.140. The van der Waals surface area contributed by atoms with Crippen molar-refractivity contribution in [2.45, 2.75) is 34.6 Å². The van der Waals surface area contributed by atoms with E-state index in [-0.39, 0.29) is 17.1 Å². The maximum atomic E-state index is 11.1. The number of carbonyl (C=O) groups is 2. The maximum Gasteiger partial charge on any atom is 0.200 e. The Hall–Kier alpha value is -2.82. The van der Waals surface area contributed by atoms with Gasteiger partial charge in [-0.15, -0.1) is 0 Å². The Morgan fingerprint density at radius 2 is 1.04 bits per heavy atom. The molecule has 0 spiro atoms. The Balaban J connectivity index is 0.000000240. The lowest BCUT2D eigenvalue weighted by molar-refractivity contribution is 0.100. The van der Waals surface area contributed by atoms with Crippen LogP contribution in [0.4, 0.5) is 0 Å². The average molecular weight is 330 g/mol. The van der Waals surface area contributed by atoms with Crippen LogP contribution in [0.3, 0.4) is 0 Å². The number of carbonyl (C=O) groups excluding carboxylic acids is 2. The van der Waals surface area contributed by atoms with E-state index in [9.17, 15) is 9.59 Å². The van der Waals surface area contributed by atoms with Crippen molar-refractivity contribution in [3.05, 3.63) is 52.1 Å². The van der Waals surface area contributed by atoms with Crippen LogP contribution in [0.5, 0.6) is 17.2 Å². The topological polar surface area (TPSA) is 94.8 Å². The molecule has 0 aliphatic heterocycles. The summed E-state index contributed by atoms with van der Waals surface area (Å²) in [6, 6.07) is 6.09. The van der Waals surface area contributed by atoms with Gasteiger partial charge in [0.15, 0.2) is 28.8 Å². The van der Waals surface area contributed by atoms with E-state index in [2.05, 4.69) is 6.92 Å². The third kappa shape index (κ3) is 4.59. The van der Waals surface area contributed by atoms with Gasteiger partial charge in [-0.25, -0.2) is 0 Å². The van der Waals surface area contributed by atoms with Crippen LogP contribution in [0, 0.1) is 20.8 Å². The van der Waals surface area contributed by atoms with Crippen LogP contribution in [0.25, 0.3) is 0 Å². The molecule has 2 aromatic rings. The van der Waals surface area contributed by atoms with Crippen LogP contribution in [0.15, 0.2) is 24.3 Å². The normalized spacial score (nSPS) is 9.88. The molecular formula is C19H22O5. The minimum Gasteiger partial charge on any atom is -0.504 e. The smallest absolute Gasteiger partial charge is 0.200 e. The van der Waals surface area contributed by atoms with Crippen molar-refractivity contribution in [1.82, 2.24) is 0 Å². The summed E-state index contributed by atoms with van der Waals surface area (Å²) in [5, 5.41) is 26.8. The lowest BCUT2D eigenvalue weighted by atomic mass is 9.99. The van der Waals surface area contributed by atoms with Crippen molar-refractivity contribution in [3.63, 3.8) is 0 Å². The summed E-state index contributed by atoms with van der Waals surface area (Å²) in [5.41, 5.74) is 4.64. The molecule has 5 heteroatoms. The van der Waals surface area contributed by atoms with Gasteiger partial charge in [0, 0.05) is 11.1 Å². The largest absolute Gasteiger partial charge is 0.504 e. The fourth-order valence-electron chi connectivity index (χ4n) is 2.05. The van der Waals surface area contributed by atoms with Crippen LogP contribution in [0.1, 0.15) is 51.3 Å². The van der Waals surface area contributed by atoms with E-state index in [1.165, 1.54) is 23.6 Å². The lowest BCUT2D eigenvalue weighted by Crippen LogP contribution is -1.96. The number of aromatic hydroxyl groups is 3. The van der Waals surface area contributed by atoms with E-state index in [0.717, 1.165) is 17.7 Å². The van der Waals surface area contributed by atoms with Gasteiger partial charge in [-0.2, -0.15) is 0 Å². The van der Waals surface area contributed by atoms with E-state index in [4.69, 9.17) is 15.3 Å². The minimum atomic E-state index is -0.611. The van der Waals surface area contributed by atoms with Gasteiger partial charge in [-0.05, 0) is 75.6 Å². The Kier molecular flexibility index (Phi) is 6.12. The molecule has 0 aromatic heterocycles. The quantitative estimate of drug-likeness (QED) is 0.575. The molecule has 0 bridgehead atoms. The van der Waals surface area contributed by atoms with Gasteiger partial charge in [0.05, 0.1) is 0 Å². The van der Waals surface area contributed by atoms with Gasteiger partial charge in [-0.3, -0.25) is 9.59 Å². The molecule has 0 fully saturated rings. The Labute approximate surface area is 141 Å². The second-order valence-electron chi connectivity index (χ2n) is 5.71. The van der Waals surface area contributed by atoms with E-state index < -0.39 is 17.2 Å². The number of hydrogen-bond acceptors (Lipinski definition) is 5. The molecule has 0 amide bonds. The first kappa shape index (κ1) is 19.2. The summed E-state index contributed by atoms with van der Waals surface area (Å²) in [5.74, 6) is -1.76. The number of ketones is 2. The number of rotatable bonds is 2. The summed E-state index contributed by atoms with van der Waals surface area (Å²) >= 11 is 0. The maximum absolute atomic E-state index is 11.1. The summed E-state index contributed by atoms with van der Waals surface area (Å²) in [6.07, 6.45) is 0. The zero-order chi connectivity index (χ0) is 18.6. The highest BCUT2D eigenvalue weighted by Crippen LogP contribution is 2.35. The third-order valence-electron chi connectivity index (χ3n) is 3.81.